The summed E-state index contributed by atoms with van der Waals surface area (Å²) in [6.07, 6.45) is -1.77. The predicted octanol–water partition coefficient (Wildman–Crippen LogP) is -0.940. The second-order valence-corrected chi connectivity index (χ2v) is 2.99. The molecule has 7 heteroatoms. The minimum atomic E-state index is -4.05. The molecular formula is C3H9O6P. The summed E-state index contributed by atoms with van der Waals surface area (Å²) >= 11 is 0. The predicted molar refractivity (Wildman–Crippen MR) is 31.0 cm³/mol. The van der Waals surface area contributed by atoms with Crippen LogP contribution in [0.25, 0.3) is 0 Å². The fourth-order valence-corrected chi connectivity index (χ4v) is 0.641. The van der Waals surface area contributed by atoms with Crippen LogP contribution in [0.4, 0.5) is 0 Å². The summed E-state index contributed by atoms with van der Waals surface area (Å²) < 4.78 is 18.4. The van der Waals surface area contributed by atoms with Crippen molar-refractivity contribution in [1.29, 1.82) is 0 Å². The van der Waals surface area contributed by atoms with Gasteiger partial charge in [0.15, 0.2) is 6.29 Å². The van der Waals surface area contributed by atoms with Crippen molar-refractivity contribution in [3.8, 4) is 0 Å². The van der Waals surface area contributed by atoms with E-state index in [1.807, 2.05) is 0 Å². The van der Waals surface area contributed by atoms with Crippen molar-refractivity contribution in [2.75, 3.05) is 13.7 Å². The van der Waals surface area contributed by atoms with E-state index in [0.29, 0.717) is 0 Å². The molecule has 0 aliphatic carbocycles. The highest BCUT2D eigenvalue weighted by Gasteiger charge is 2.19. The number of aliphatic hydroxyl groups is 2. The Bertz CT molecular complexity index is 133. The summed E-state index contributed by atoms with van der Waals surface area (Å²) in [5.74, 6) is 0. The van der Waals surface area contributed by atoms with Crippen molar-refractivity contribution in [3.05, 3.63) is 0 Å². The van der Waals surface area contributed by atoms with Crippen LogP contribution in [0.2, 0.25) is 0 Å². The summed E-state index contributed by atoms with van der Waals surface area (Å²) in [5, 5.41) is 16.3. The van der Waals surface area contributed by atoms with Gasteiger partial charge in [-0.15, -0.1) is 0 Å². The van der Waals surface area contributed by atoms with Crippen LogP contribution in [0.1, 0.15) is 0 Å². The van der Waals surface area contributed by atoms with Crippen molar-refractivity contribution >= 4 is 7.82 Å². The number of aliphatic hydroxyl groups excluding tert-OH is 1. The molecule has 10 heavy (non-hydrogen) atoms. The van der Waals surface area contributed by atoms with Gasteiger partial charge in [0.1, 0.15) is 6.61 Å². The molecule has 0 rings (SSSR count). The smallest absolute Gasteiger partial charge is 0.366 e. The summed E-state index contributed by atoms with van der Waals surface area (Å²) in [6, 6.07) is 0. The maximum atomic E-state index is 10.4. The van der Waals surface area contributed by atoms with E-state index in [1.165, 1.54) is 0 Å². The van der Waals surface area contributed by atoms with E-state index in [1.54, 1.807) is 0 Å². The second-order valence-electron chi connectivity index (χ2n) is 1.43. The lowest BCUT2D eigenvalue weighted by Crippen LogP contribution is -2.12. The van der Waals surface area contributed by atoms with E-state index in [-0.39, 0.29) is 0 Å². The Morgan fingerprint density at radius 1 is 1.60 bits per heavy atom. The Balaban J connectivity index is 3.58. The van der Waals surface area contributed by atoms with Gasteiger partial charge in [-0.25, -0.2) is 4.57 Å². The molecule has 0 aliphatic rings. The highest BCUT2D eigenvalue weighted by Crippen LogP contribution is 2.41. The Hall–Kier alpha value is 0.0300. The molecule has 1 atom stereocenters. The standard InChI is InChI=1S/C3H9O6P/c1-8-10(6,7)9-2-3(4)5/h3-5H,2H2,1H3,(H,6,7). The molecule has 0 aliphatic heterocycles. The van der Waals surface area contributed by atoms with E-state index in [2.05, 4.69) is 9.05 Å². The lowest BCUT2D eigenvalue weighted by molar-refractivity contribution is -0.0738. The van der Waals surface area contributed by atoms with Gasteiger partial charge in [-0.1, -0.05) is 0 Å². The van der Waals surface area contributed by atoms with E-state index < -0.39 is 20.7 Å². The first-order chi connectivity index (χ1) is 4.48. The second kappa shape index (κ2) is 4.02. The van der Waals surface area contributed by atoms with Gasteiger partial charge >= 0.3 is 7.82 Å². The molecular weight excluding hydrogens is 163 g/mol. The fraction of sp³-hybridized carbons (Fsp3) is 1.00. The first-order valence-electron chi connectivity index (χ1n) is 2.37. The Labute approximate surface area is 57.6 Å². The average Bonchev–Trinajstić information content (AvgIpc) is 1.85. The minimum absolute atomic E-state index is 0.651. The monoisotopic (exact) mass is 172 g/mol. The average molecular weight is 172 g/mol. The Morgan fingerprint density at radius 2 is 2.10 bits per heavy atom. The third-order valence-electron chi connectivity index (χ3n) is 0.617. The van der Waals surface area contributed by atoms with Crippen LogP contribution in [0.3, 0.4) is 0 Å². The number of hydrogen-bond acceptors (Lipinski definition) is 5. The van der Waals surface area contributed by atoms with Crippen LogP contribution >= 0.6 is 7.82 Å². The van der Waals surface area contributed by atoms with Gasteiger partial charge in [0, 0.05) is 7.11 Å². The SMILES string of the molecule is COP(=O)(O)OCC(O)O. The zero-order chi connectivity index (χ0) is 8.20. The van der Waals surface area contributed by atoms with E-state index >= 15 is 0 Å². The molecule has 0 aromatic rings. The van der Waals surface area contributed by atoms with Crippen molar-refractivity contribution in [2.24, 2.45) is 0 Å². The molecule has 0 fully saturated rings. The normalized spacial score (nSPS) is 17.3. The number of hydrogen-bond donors (Lipinski definition) is 3. The van der Waals surface area contributed by atoms with E-state index in [0.717, 1.165) is 7.11 Å². The van der Waals surface area contributed by atoms with Crippen LogP contribution in [0.15, 0.2) is 0 Å². The van der Waals surface area contributed by atoms with Gasteiger partial charge in [0.05, 0.1) is 0 Å². The van der Waals surface area contributed by atoms with Gasteiger partial charge < -0.3 is 15.1 Å². The Kier molecular flexibility index (Phi) is 4.04. The quantitative estimate of drug-likeness (QED) is 0.374. The van der Waals surface area contributed by atoms with Crippen LogP contribution in [0, 0.1) is 0 Å². The third kappa shape index (κ3) is 4.87. The molecule has 0 saturated heterocycles. The zero-order valence-corrected chi connectivity index (χ0v) is 6.19. The lowest BCUT2D eigenvalue weighted by Gasteiger charge is -2.08. The maximum absolute atomic E-state index is 10.4. The lowest BCUT2D eigenvalue weighted by atomic mass is 10.7. The van der Waals surface area contributed by atoms with E-state index in [9.17, 15) is 4.57 Å². The molecule has 0 radical (unpaired) electrons. The molecule has 0 heterocycles. The minimum Gasteiger partial charge on any atom is -0.366 e. The fourth-order valence-electron chi connectivity index (χ4n) is 0.214. The molecule has 1 unspecified atom stereocenters. The van der Waals surface area contributed by atoms with Crippen LogP contribution in [-0.4, -0.2) is 35.1 Å². The van der Waals surface area contributed by atoms with Gasteiger partial charge in [-0.3, -0.25) is 9.05 Å². The number of phosphoric acid groups is 1. The Morgan fingerprint density at radius 3 is 2.40 bits per heavy atom. The molecule has 0 aromatic carbocycles. The van der Waals surface area contributed by atoms with Crippen LogP contribution < -0.4 is 0 Å². The summed E-state index contributed by atoms with van der Waals surface area (Å²) in [4.78, 5) is 8.46. The first kappa shape index (κ1) is 10.0. The van der Waals surface area contributed by atoms with Gasteiger partial charge in [0.25, 0.3) is 0 Å². The molecule has 0 spiro atoms. The summed E-state index contributed by atoms with van der Waals surface area (Å²) in [5.41, 5.74) is 0. The van der Waals surface area contributed by atoms with Crippen LogP contribution in [0.5, 0.6) is 0 Å². The van der Waals surface area contributed by atoms with E-state index in [4.69, 9.17) is 15.1 Å². The van der Waals surface area contributed by atoms with Crippen molar-refractivity contribution in [2.45, 2.75) is 6.29 Å². The highest BCUT2D eigenvalue weighted by atomic mass is 31.2. The summed E-state index contributed by atoms with van der Waals surface area (Å²) in [7, 11) is -3.07. The molecule has 6 nitrogen and oxygen atoms in total. The van der Waals surface area contributed by atoms with Gasteiger partial charge in [0.2, 0.25) is 0 Å². The molecule has 0 saturated carbocycles. The molecule has 0 aromatic heterocycles. The maximum Gasteiger partial charge on any atom is 0.472 e. The highest BCUT2D eigenvalue weighted by molar-refractivity contribution is 7.47. The molecule has 0 amide bonds. The zero-order valence-electron chi connectivity index (χ0n) is 5.30. The topological polar surface area (TPSA) is 96.2 Å². The molecule has 0 bridgehead atoms. The van der Waals surface area contributed by atoms with Gasteiger partial charge in [-0.2, -0.15) is 0 Å². The van der Waals surface area contributed by atoms with Crippen molar-refractivity contribution in [3.63, 3.8) is 0 Å². The largest absolute Gasteiger partial charge is 0.472 e. The van der Waals surface area contributed by atoms with Gasteiger partial charge in [-0.05, 0) is 0 Å². The first-order valence-corrected chi connectivity index (χ1v) is 3.86. The van der Waals surface area contributed by atoms with Crippen molar-refractivity contribution < 1.29 is 28.7 Å². The number of phosphoric ester groups is 1. The van der Waals surface area contributed by atoms with Crippen molar-refractivity contribution in [1.82, 2.24) is 0 Å². The number of rotatable bonds is 4. The van der Waals surface area contributed by atoms with Crippen LogP contribution in [-0.2, 0) is 13.6 Å². The molecule has 62 valence electrons. The summed E-state index contributed by atoms with van der Waals surface area (Å²) in [6.45, 7) is -0.651. The third-order valence-corrected chi connectivity index (χ3v) is 1.55. The molecule has 3 N–H and O–H groups in total.